The van der Waals surface area contributed by atoms with E-state index in [0.717, 1.165) is 0 Å². The molecule has 0 radical (unpaired) electrons. The number of benzene rings is 1. The maximum Gasteiger partial charge on any atom is 0.387 e. The number of nitrogens with two attached hydrogens (primary N) is 1. The van der Waals surface area contributed by atoms with E-state index in [0.29, 0.717) is 0 Å². The standard InChI is InChI=1S/C9H9F2N3O3/c10-9(11)17-6-3-1-5(2-4-6)13-7(15)8(16)14-12/h1-4,9H,12H2,(H,13,15)(H,14,16). The molecular formula is C9H9F2N3O3. The molecule has 0 saturated carbocycles. The van der Waals surface area contributed by atoms with Crippen molar-refractivity contribution in [3.05, 3.63) is 24.3 Å². The predicted octanol–water partition coefficient (Wildman–Crippen LogP) is 0.216. The van der Waals surface area contributed by atoms with Crippen LogP contribution in [0.15, 0.2) is 24.3 Å². The summed E-state index contributed by atoms with van der Waals surface area (Å²) in [6.07, 6.45) is 0. The number of nitrogens with one attached hydrogen (secondary N) is 2. The SMILES string of the molecule is NNC(=O)C(=O)Nc1ccc(OC(F)F)cc1. The Balaban J connectivity index is 2.62. The van der Waals surface area contributed by atoms with E-state index < -0.39 is 18.4 Å². The fourth-order valence-corrected chi connectivity index (χ4v) is 0.973. The average Bonchev–Trinajstić information content (AvgIpc) is 2.30. The number of ether oxygens (including phenoxy) is 1. The molecule has 1 rings (SSSR count). The predicted molar refractivity (Wildman–Crippen MR) is 54.0 cm³/mol. The highest BCUT2D eigenvalue weighted by Crippen LogP contribution is 2.17. The zero-order valence-corrected chi connectivity index (χ0v) is 8.44. The second-order valence-electron chi connectivity index (χ2n) is 2.83. The van der Waals surface area contributed by atoms with E-state index in [4.69, 9.17) is 5.84 Å². The molecule has 0 aliphatic rings. The summed E-state index contributed by atoms with van der Waals surface area (Å²) in [5, 5.41) is 2.20. The fraction of sp³-hybridized carbons (Fsp3) is 0.111. The number of rotatable bonds is 3. The van der Waals surface area contributed by atoms with Gasteiger partial charge in [-0.3, -0.25) is 15.0 Å². The second kappa shape index (κ2) is 5.75. The number of hydrogen-bond acceptors (Lipinski definition) is 4. The lowest BCUT2D eigenvalue weighted by atomic mass is 10.3. The van der Waals surface area contributed by atoms with Crippen LogP contribution < -0.4 is 21.3 Å². The van der Waals surface area contributed by atoms with E-state index in [9.17, 15) is 18.4 Å². The van der Waals surface area contributed by atoms with Gasteiger partial charge in [-0.25, -0.2) is 5.84 Å². The van der Waals surface area contributed by atoms with Gasteiger partial charge in [0.05, 0.1) is 0 Å². The number of anilines is 1. The minimum atomic E-state index is -2.92. The smallest absolute Gasteiger partial charge is 0.387 e. The molecule has 6 nitrogen and oxygen atoms in total. The molecule has 0 aromatic heterocycles. The number of alkyl halides is 2. The molecule has 0 spiro atoms. The third-order valence-corrected chi connectivity index (χ3v) is 1.67. The molecule has 1 aromatic rings. The van der Waals surface area contributed by atoms with Gasteiger partial charge >= 0.3 is 18.4 Å². The Hall–Kier alpha value is -2.22. The lowest BCUT2D eigenvalue weighted by molar-refractivity contribution is -0.136. The van der Waals surface area contributed by atoms with Crippen molar-refractivity contribution in [1.82, 2.24) is 5.43 Å². The molecule has 0 bridgehead atoms. The van der Waals surface area contributed by atoms with E-state index in [2.05, 4.69) is 10.1 Å². The molecular weight excluding hydrogens is 236 g/mol. The number of hydrazine groups is 1. The summed E-state index contributed by atoms with van der Waals surface area (Å²) in [7, 11) is 0. The first-order valence-electron chi connectivity index (χ1n) is 4.39. The van der Waals surface area contributed by atoms with Crippen LogP contribution in [0.3, 0.4) is 0 Å². The van der Waals surface area contributed by atoms with Gasteiger partial charge in [-0.05, 0) is 24.3 Å². The first-order valence-corrected chi connectivity index (χ1v) is 4.39. The topological polar surface area (TPSA) is 93.5 Å². The van der Waals surface area contributed by atoms with Crippen LogP contribution in [-0.2, 0) is 9.59 Å². The van der Waals surface area contributed by atoms with Crippen LogP contribution in [-0.4, -0.2) is 18.4 Å². The second-order valence-corrected chi connectivity index (χ2v) is 2.83. The van der Waals surface area contributed by atoms with Crippen molar-refractivity contribution in [1.29, 1.82) is 0 Å². The summed E-state index contributed by atoms with van der Waals surface area (Å²) in [6, 6.07) is 5.06. The van der Waals surface area contributed by atoms with Crippen LogP contribution in [0.4, 0.5) is 14.5 Å². The van der Waals surface area contributed by atoms with Crippen LogP contribution >= 0.6 is 0 Å². The van der Waals surface area contributed by atoms with E-state index in [1.807, 2.05) is 0 Å². The Morgan fingerprint density at radius 3 is 2.24 bits per heavy atom. The highest BCUT2D eigenvalue weighted by atomic mass is 19.3. The van der Waals surface area contributed by atoms with E-state index >= 15 is 0 Å². The molecule has 0 unspecified atom stereocenters. The van der Waals surface area contributed by atoms with E-state index in [1.54, 1.807) is 5.43 Å². The van der Waals surface area contributed by atoms with Gasteiger partial charge < -0.3 is 10.1 Å². The van der Waals surface area contributed by atoms with Crippen LogP contribution in [0.25, 0.3) is 0 Å². The normalized spacial score (nSPS) is 9.88. The van der Waals surface area contributed by atoms with Crippen molar-refractivity contribution in [3.8, 4) is 5.75 Å². The number of hydrogen-bond donors (Lipinski definition) is 3. The maximum absolute atomic E-state index is 11.8. The quantitative estimate of drug-likeness (QED) is 0.307. The lowest BCUT2D eigenvalue weighted by Crippen LogP contribution is -2.39. The molecule has 2 amide bonds. The summed E-state index contributed by atoms with van der Waals surface area (Å²) in [5.74, 6) is 2.71. The lowest BCUT2D eigenvalue weighted by Gasteiger charge is -2.06. The Morgan fingerprint density at radius 1 is 1.18 bits per heavy atom. The Labute approximate surface area is 94.7 Å². The molecule has 0 aliphatic carbocycles. The summed E-state index contributed by atoms with van der Waals surface area (Å²) in [6.45, 7) is -2.92. The summed E-state index contributed by atoms with van der Waals surface area (Å²) in [5.41, 5.74) is 1.90. The van der Waals surface area contributed by atoms with Gasteiger partial charge in [-0.2, -0.15) is 8.78 Å². The number of carbonyl (C=O) groups excluding carboxylic acids is 2. The van der Waals surface area contributed by atoms with Crippen molar-refractivity contribution >= 4 is 17.5 Å². The molecule has 17 heavy (non-hydrogen) atoms. The molecule has 4 N–H and O–H groups in total. The molecule has 0 aliphatic heterocycles. The molecule has 0 atom stereocenters. The van der Waals surface area contributed by atoms with Crippen LogP contribution in [0, 0.1) is 0 Å². The average molecular weight is 245 g/mol. The fourth-order valence-electron chi connectivity index (χ4n) is 0.973. The van der Waals surface area contributed by atoms with Gasteiger partial charge in [0.1, 0.15) is 5.75 Å². The molecule has 8 heteroatoms. The van der Waals surface area contributed by atoms with Crippen molar-refractivity contribution in [2.45, 2.75) is 6.61 Å². The van der Waals surface area contributed by atoms with Crippen molar-refractivity contribution in [2.75, 3.05) is 5.32 Å². The van der Waals surface area contributed by atoms with Crippen LogP contribution in [0.1, 0.15) is 0 Å². The van der Waals surface area contributed by atoms with E-state index in [-0.39, 0.29) is 11.4 Å². The van der Waals surface area contributed by atoms with Crippen LogP contribution in [0.5, 0.6) is 5.75 Å². The summed E-state index contributed by atoms with van der Waals surface area (Å²) >= 11 is 0. The van der Waals surface area contributed by atoms with Gasteiger partial charge in [0, 0.05) is 5.69 Å². The number of carbonyl (C=O) groups is 2. The monoisotopic (exact) mass is 245 g/mol. The molecule has 0 saturated heterocycles. The van der Waals surface area contributed by atoms with Crippen molar-refractivity contribution in [2.24, 2.45) is 5.84 Å². The third-order valence-electron chi connectivity index (χ3n) is 1.67. The van der Waals surface area contributed by atoms with Crippen molar-refractivity contribution in [3.63, 3.8) is 0 Å². The largest absolute Gasteiger partial charge is 0.435 e. The minimum absolute atomic E-state index is 0.0544. The van der Waals surface area contributed by atoms with E-state index in [1.165, 1.54) is 24.3 Å². The van der Waals surface area contributed by atoms with Gasteiger partial charge in [-0.15, -0.1) is 0 Å². The molecule has 0 fully saturated rings. The van der Waals surface area contributed by atoms with Gasteiger partial charge in [0.2, 0.25) is 0 Å². The highest BCUT2D eigenvalue weighted by Gasteiger charge is 2.11. The maximum atomic E-state index is 11.8. The molecule has 92 valence electrons. The van der Waals surface area contributed by atoms with Gasteiger partial charge in [-0.1, -0.05) is 0 Å². The number of amides is 2. The molecule has 1 aromatic carbocycles. The van der Waals surface area contributed by atoms with Gasteiger partial charge in [0.15, 0.2) is 0 Å². The Kier molecular flexibility index (Phi) is 4.35. The highest BCUT2D eigenvalue weighted by molar-refractivity contribution is 6.39. The summed E-state index contributed by atoms with van der Waals surface area (Å²) < 4.78 is 27.7. The van der Waals surface area contributed by atoms with Crippen molar-refractivity contribution < 1.29 is 23.1 Å². The first-order chi connectivity index (χ1) is 8.02. The Morgan fingerprint density at radius 2 is 1.76 bits per heavy atom. The van der Waals surface area contributed by atoms with Crippen LogP contribution in [0.2, 0.25) is 0 Å². The van der Waals surface area contributed by atoms with Gasteiger partial charge in [0.25, 0.3) is 0 Å². The number of halogens is 2. The third kappa shape index (κ3) is 4.03. The molecule has 0 heterocycles. The first kappa shape index (κ1) is 12.8. The summed E-state index contributed by atoms with van der Waals surface area (Å²) in [4.78, 5) is 21.8. The zero-order valence-electron chi connectivity index (χ0n) is 8.44. The minimum Gasteiger partial charge on any atom is -0.435 e. The Bertz CT molecular complexity index is 408. The zero-order chi connectivity index (χ0) is 12.8.